The number of carbonyl (C=O) groups is 3. The predicted molar refractivity (Wildman–Crippen MR) is 87.9 cm³/mol. The third-order valence-electron chi connectivity index (χ3n) is 3.42. The number of aliphatic carboxylic acids is 1. The number of nitrogens with one attached hydrogen (secondary N) is 1. The van der Waals surface area contributed by atoms with E-state index in [1.165, 1.54) is 28.8 Å². The molecular formula is C13H13N5O4S2. The van der Waals surface area contributed by atoms with Crippen molar-refractivity contribution in [3.63, 3.8) is 0 Å². The molecule has 0 aromatic carbocycles. The molecule has 2 amide bonds. The second-order valence-corrected chi connectivity index (χ2v) is 6.90. The molecule has 1 unspecified atom stereocenters. The highest BCUT2D eigenvalue weighted by molar-refractivity contribution is 8.00. The molecule has 4 N–H and O–H groups in total. The lowest BCUT2D eigenvalue weighted by Crippen LogP contribution is -2.70. The quantitative estimate of drug-likeness (QED) is 0.471. The summed E-state index contributed by atoms with van der Waals surface area (Å²) in [7, 11) is 0. The zero-order valence-electron chi connectivity index (χ0n) is 12.2. The zero-order valence-corrected chi connectivity index (χ0v) is 13.8. The molecule has 0 spiro atoms. The smallest absolute Gasteiger partial charge is 0.352 e. The number of aromatic nitrogens is 2. The van der Waals surface area contributed by atoms with Crippen LogP contribution in [0.3, 0.4) is 0 Å². The van der Waals surface area contributed by atoms with Crippen molar-refractivity contribution < 1.29 is 19.5 Å². The fraction of sp³-hybridized carbons (Fsp3) is 0.308. The van der Waals surface area contributed by atoms with Crippen LogP contribution in [0.25, 0.3) is 0 Å². The lowest BCUT2D eigenvalue weighted by molar-refractivity contribution is -0.150. The van der Waals surface area contributed by atoms with E-state index < -0.39 is 23.8 Å². The highest BCUT2D eigenvalue weighted by Crippen LogP contribution is 2.37. The molecule has 0 saturated carbocycles. The first-order valence-corrected chi connectivity index (χ1v) is 8.73. The molecule has 0 aliphatic carbocycles. The summed E-state index contributed by atoms with van der Waals surface area (Å²) in [4.78, 5) is 40.3. The van der Waals surface area contributed by atoms with Crippen LogP contribution in [0.2, 0.25) is 0 Å². The first kappa shape index (κ1) is 16.5. The van der Waals surface area contributed by atoms with Gasteiger partial charge in [-0.2, -0.15) is 4.37 Å². The summed E-state index contributed by atoms with van der Waals surface area (Å²) in [6.45, 7) is 0. The van der Waals surface area contributed by atoms with Crippen molar-refractivity contribution in [3.05, 3.63) is 29.7 Å². The van der Waals surface area contributed by atoms with Gasteiger partial charge in [0.15, 0.2) is 5.13 Å². The van der Waals surface area contributed by atoms with Crippen molar-refractivity contribution in [2.75, 3.05) is 11.5 Å². The molecule has 1 saturated heterocycles. The topological polar surface area (TPSA) is 139 Å². The number of rotatable bonds is 5. The number of hydrogen-bond acceptors (Lipinski definition) is 8. The van der Waals surface area contributed by atoms with Crippen LogP contribution in [0.15, 0.2) is 23.9 Å². The first-order chi connectivity index (χ1) is 11.5. The molecule has 2 atom stereocenters. The average Bonchev–Trinajstić information content (AvgIpc) is 2.97. The zero-order chi connectivity index (χ0) is 17.3. The molecule has 9 nitrogen and oxygen atoms in total. The average molecular weight is 367 g/mol. The SMILES string of the molecule is Nc1nc(CC=CC(=O)NC2C(=O)N3C(C(=O)O)=CCS[C@@H]23)ns1. The van der Waals surface area contributed by atoms with Gasteiger partial charge in [0.1, 0.15) is 22.9 Å². The molecular weight excluding hydrogens is 354 g/mol. The number of amides is 2. The van der Waals surface area contributed by atoms with Gasteiger partial charge in [-0.05, 0) is 12.2 Å². The minimum Gasteiger partial charge on any atom is -0.477 e. The Morgan fingerprint density at radius 2 is 2.33 bits per heavy atom. The van der Waals surface area contributed by atoms with E-state index in [1.54, 1.807) is 6.08 Å². The Morgan fingerprint density at radius 3 is 3.00 bits per heavy atom. The van der Waals surface area contributed by atoms with E-state index in [2.05, 4.69) is 14.7 Å². The van der Waals surface area contributed by atoms with Gasteiger partial charge in [0, 0.05) is 23.7 Å². The van der Waals surface area contributed by atoms with E-state index in [-0.39, 0.29) is 11.1 Å². The van der Waals surface area contributed by atoms with Crippen LogP contribution in [0.5, 0.6) is 0 Å². The number of β-lactam (4-membered cyclic amide) rings is 1. The monoisotopic (exact) mass is 367 g/mol. The van der Waals surface area contributed by atoms with Gasteiger partial charge in [-0.15, -0.1) is 11.8 Å². The highest BCUT2D eigenvalue weighted by atomic mass is 32.2. The number of nitrogens with zero attached hydrogens (tertiary/aromatic N) is 3. The number of thioether (sulfide) groups is 1. The maximum atomic E-state index is 12.1. The van der Waals surface area contributed by atoms with Gasteiger partial charge in [-0.3, -0.25) is 14.5 Å². The van der Waals surface area contributed by atoms with E-state index in [1.807, 2.05) is 0 Å². The molecule has 1 aromatic heterocycles. The van der Waals surface area contributed by atoms with Crippen LogP contribution < -0.4 is 11.1 Å². The normalized spacial score (nSPS) is 22.8. The number of nitrogen functional groups attached to an aromatic ring is 1. The Bertz CT molecular complexity index is 759. The molecule has 1 fully saturated rings. The summed E-state index contributed by atoms with van der Waals surface area (Å²) in [5, 5.41) is 11.7. The Kier molecular flexibility index (Phi) is 4.53. The van der Waals surface area contributed by atoms with E-state index in [4.69, 9.17) is 10.8 Å². The second-order valence-electron chi connectivity index (χ2n) is 4.97. The number of hydrogen-bond donors (Lipinski definition) is 3. The number of anilines is 1. The van der Waals surface area contributed by atoms with Crippen LogP contribution in [-0.4, -0.2) is 54.3 Å². The van der Waals surface area contributed by atoms with E-state index in [0.717, 1.165) is 11.5 Å². The van der Waals surface area contributed by atoms with Gasteiger partial charge >= 0.3 is 5.97 Å². The Hall–Kier alpha value is -2.40. The molecule has 2 aliphatic rings. The first-order valence-electron chi connectivity index (χ1n) is 6.90. The van der Waals surface area contributed by atoms with Crippen LogP contribution in [0, 0.1) is 0 Å². The number of carboxylic acids is 1. The highest BCUT2D eigenvalue weighted by Gasteiger charge is 2.52. The third kappa shape index (κ3) is 3.12. The fourth-order valence-electron chi connectivity index (χ4n) is 2.36. The third-order valence-corrected chi connectivity index (χ3v) is 5.18. The number of fused-ring (bicyclic) bond motifs is 1. The maximum Gasteiger partial charge on any atom is 0.352 e. The number of carbonyl (C=O) groups excluding carboxylic acids is 2. The summed E-state index contributed by atoms with van der Waals surface area (Å²) in [5.74, 6) is -0.991. The van der Waals surface area contributed by atoms with Crippen LogP contribution >= 0.6 is 23.3 Å². The van der Waals surface area contributed by atoms with Gasteiger partial charge in [-0.25, -0.2) is 9.78 Å². The summed E-state index contributed by atoms with van der Waals surface area (Å²) in [6, 6.07) is -0.719. The maximum absolute atomic E-state index is 12.1. The van der Waals surface area contributed by atoms with Crippen molar-refractivity contribution in [2.45, 2.75) is 17.8 Å². The van der Waals surface area contributed by atoms with Gasteiger partial charge in [-0.1, -0.05) is 6.08 Å². The molecule has 0 bridgehead atoms. The predicted octanol–water partition coefficient (Wildman–Crippen LogP) is -0.413. The Morgan fingerprint density at radius 1 is 1.54 bits per heavy atom. The molecule has 24 heavy (non-hydrogen) atoms. The molecule has 11 heteroatoms. The van der Waals surface area contributed by atoms with Gasteiger partial charge in [0.2, 0.25) is 5.91 Å². The van der Waals surface area contributed by atoms with Crippen molar-refractivity contribution in [1.82, 2.24) is 19.6 Å². The number of nitrogens with two attached hydrogens (primary N) is 1. The standard InChI is InChI=1S/C13H13N5O4S2/c14-13-15-7(17-24-13)2-1-3-8(19)16-9-10(20)18-6(12(21)22)4-5-23-11(9)18/h1,3-4,9,11H,2,5H2,(H,16,19)(H,21,22)(H2,14,15,17)/t9?,11-/m0/s1. The van der Waals surface area contributed by atoms with Gasteiger partial charge < -0.3 is 16.2 Å². The molecule has 0 radical (unpaired) electrons. The summed E-state index contributed by atoms with van der Waals surface area (Å²) in [6.07, 6.45) is 4.73. The van der Waals surface area contributed by atoms with Crippen molar-refractivity contribution in [3.8, 4) is 0 Å². The lowest BCUT2D eigenvalue weighted by atomic mass is 10.1. The minimum absolute atomic E-state index is 0.0306. The number of carboxylic acid groups (broad SMARTS) is 1. The Balaban J connectivity index is 1.55. The summed E-state index contributed by atoms with van der Waals surface area (Å²) in [5.41, 5.74) is 5.43. The van der Waals surface area contributed by atoms with E-state index in [9.17, 15) is 14.4 Å². The van der Waals surface area contributed by atoms with Crippen molar-refractivity contribution >= 4 is 46.2 Å². The summed E-state index contributed by atoms with van der Waals surface area (Å²) >= 11 is 2.48. The minimum atomic E-state index is -1.15. The van der Waals surface area contributed by atoms with Crippen LogP contribution in [0.4, 0.5) is 5.13 Å². The van der Waals surface area contributed by atoms with Gasteiger partial charge in [0.25, 0.3) is 5.91 Å². The molecule has 3 heterocycles. The molecule has 2 aliphatic heterocycles. The Labute approximate surface area is 144 Å². The van der Waals surface area contributed by atoms with Crippen molar-refractivity contribution in [1.29, 1.82) is 0 Å². The lowest BCUT2D eigenvalue weighted by Gasteiger charge is -2.48. The van der Waals surface area contributed by atoms with Crippen LogP contribution in [0.1, 0.15) is 5.82 Å². The molecule has 1 aromatic rings. The van der Waals surface area contributed by atoms with Gasteiger partial charge in [0.05, 0.1) is 0 Å². The molecule has 3 rings (SSSR count). The molecule has 126 valence electrons. The fourth-order valence-corrected chi connectivity index (χ4v) is 4.02. The van der Waals surface area contributed by atoms with E-state index in [0.29, 0.717) is 23.1 Å². The van der Waals surface area contributed by atoms with Crippen LogP contribution in [-0.2, 0) is 20.8 Å². The largest absolute Gasteiger partial charge is 0.477 e. The second kappa shape index (κ2) is 6.61. The number of allylic oxidation sites excluding steroid dienone is 1. The summed E-state index contributed by atoms with van der Waals surface area (Å²) < 4.78 is 3.99. The van der Waals surface area contributed by atoms with Crippen molar-refractivity contribution in [2.24, 2.45) is 0 Å². The van der Waals surface area contributed by atoms with E-state index >= 15 is 0 Å².